The fourth-order valence-electron chi connectivity index (χ4n) is 2.85. The number of amides is 2. The molecule has 0 spiro atoms. The molecule has 0 radical (unpaired) electrons. The lowest BCUT2D eigenvalue weighted by atomic mass is 10.1. The maximum Gasteiger partial charge on any atom is 0.271 e. The number of hydrazone groups is 1. The van der Waals surface area contributed by atoms with Crippen LogP contribution in [0.15, 0.2) is 59.7 Å². The predicted molar refractivity (Wildman–Crippen MR) is 108 cm³/mol. The van der Waals surface area contributed by atoms with Crippen molar-refractivity contribution in [1.29, 1.82) is 0 Å². The van der Waals surface area contributed by atoms with Gasteiger partial charge in [0.1, 0.15) is 5.71 Å². The zero-order valence-corrected chi connectivity index (χ0v) is 15.7. The highest BCUT2D eigenvalue weighted by molar-refractivity contribution is 6.43. The molecule has 0 aliphatic carbocycles. The van der Waals surface area contributed by atoms with E-state index in [0.29, 0.717) is 24.4 Å². The van der Waals surface area contributed by atoms with Gasteiger partial charge in [-0.3, -0.25) is 9.59 Å². The van der Waals surface area contributed by atoms with Crippen LogP contribution >= 0.6 is 0 Å². The van der Waals surface area contributed by atoms with Crippen LogP contribution in [0.2, 0.25) is 0 Å². The number of hydrogen-bond donors (Lipinski definition) is 1. The van der Waals surface area contributed by atoms with E-state index >= 15 is 0 Å². The number of hydrogen-bond acceptors (Lipinski definition) is 4. The Kier molecular flexibility index (Phi) is 5.86. The summed E-state index contributed by atoms with van der Waals surface area (Å²) >= 11 is 0. The summed E-state index contributed by atoms with van der Waals surface area (Å²) in [6.45, 7) is 3.31. The number of nitrogens with zero attached hydrogens (tertiary/aromatic N) is 3. The van der Waals surface area contributed by atoms with Crippen LogP contribution in [0.3, 0.4) is 0 Å². The molecule has 0 saturated carbocycles. The minimum Gasteiger partial charge on any atom is -0.375 e. The maximum atomic E-state index is 12.6. The zero-order chi connectivity index (χ0) is 19.2. The van der Waals surface area contributed by atoms with Crippen LogP contribution in [0.1, 0.15) is 25.3 Å². The maximum absolute atomic E-state index is 12.6. The van der Waals surface area contributed by atoms with Gasteiger partial charge in [-0.1, -0.05) is 36.4 Å². The van der Waals surface area contributed by atoms with Gasteiger partial charge in [0.15, 0.2) is 0 Å². The van der Waals surface area contributed by atoms with Gasteiger partial charge >= 0.3 is 0 Å². The molecule has 1 N–H and O–H groups in total. The zero-order valence-electron chi connectivity index (χ0n) is 15.7. The first-order valence-corrected chi connectivity index (χ1v) is 9.11. The molecule has 0 unspecified atom stereocenters. The molecule has 6 heteroatoms. The van der Waals surface area contributed by atoms with Gasteiger partial charge in [-0.15, -0.1) is 0 Å². The van der Waals surface area contributed by atoms with Gasteiger partial charge < -0.3 is 10.2 Å². The van der Waals surface area contributed by atoms with Crippen molar-refractivity contribution in [3.05, 3.63) is 60.2 Å². The normalized spacial score (nSPS) is 13.9. The first-order valence-electron chi connectivity index (χ1n) is 9.11. The summed E-state index contributed by atoms with van der Waals surface area (Å²) in [4.78, 5) is 26.9. The minimum atomic E-state index is -0.267. The molecule has 2 aromatic carbocycles. The molecule has 0 atom stereocenters. The van der Waals surface area contributed by atoms with E-state index in [-0.39, 0.29) is 18.2 Å². The monoisotopic (exact) mass is 364 g/mol. The molecule has 27 heavy (non-hydrogen) atoms. The van der Waals surface area contributed by atoms with Crippen molar-refractivity contribution in [2.45, 2.75) is 26.3 Å². The summed E-state index contributed by atoms with van der Waals surface area (Å²) in [6.07, 6.45) is 0.641. The van der Waals surface area contributed by atoms with Crippen LogP contribution in [0.5, 0.6) is 0 Å². The molecule has 0 saturated heterocycles. The molecule has 1 heterocycles. The average Bonchev–Trinajstić information content (AvgIpc) is 2.70. The second-order valence-electron chi connectivity index (χ2n) is 6.50. The van der Waals surface area contributed by atoms with E-state index in [1.54, 1.807) is 0 Å². The summed E-state index contributed by atoms with van der Waals surface area (Å²) in [5.74, 6) is -0.334. The Morgan fingerprint density at radius 2 is 1.93 bits per heavy atom. The van der Waals surface area contributed by atoms with Gasteiger partial charge in [-0.05, 0) is 30.7 Å². The van der Waals surface area contributed by atoms with Gasteiger partial charge in [0.05, 0.1) is 6.54 Å². The standard InChI is InChI=1S/C21H24N4O2/c1-3-24(2)18-11-7-10-17(14-18)22-21(27)19-12-13-20(26)25(23-19)15-16-8-5-4-6-9-16/h4-11,14H,3,12-13,15H2,1-2H3,(H,22,27). The van der Waals surface area contributed by atoms with Gasteiger partial charge in [-0.2, -0.15) is 5.10 Å². The van der Waals surface area contributed by atoms with Crippen LogP contribution < -0.4 is 10.2 Å². The molecule has 2 amide bonds. The number of rotatable bonds is 6. The quantitative estimate of drug-likeness (QED) is 0.856. The van der Waals surface area contributed by atoms with Gasteiger partial charge in [-0.25, -0.2) is 5.01 Å². The van der Waals surface area contributed by atoms with Crippen LogP contribution in [0.25, 0.3) is 0 Å². The lowest BCUT2D eigenvalue weighted by Crippen LogP contribution is -2.36. The van der Waals surface area contributed by atoms with E-state index in [4.69, 9.17) is 0 Å². The highest BCUT2D eigenvalue weighted by Gasteiger charge is 2.24. The number of nitrogens with one attached hydrogen (secondary N) is 1. The average molecular weight is 364 g/mol. The number of carbonyl (C=O) groups is 2. The van der Waals surface area contributed by atoms with Gasteiger partial charge in [0.25, 0.3) is 5.91 Å². The minimum absolute atomic E-state index is 0.0676. The van der Waals surface area contributed by atoms with E-state index in [9.17, 15) is 9.59 Å². The Morgan fingerprint density at radius 1 is 1.15 bits per heavy atom. The Morgan fingerprint density at radius 3 is 2.67 bits per heavy atom. The summed E-state index contributed by atoms with van der Waals surface area (Å²) in [5.41, 5.74) is 3.10. The van der Waals surface area contributed by atoms with Crippen LogP contribution in [-0.4, -0.2) is 36.1 Å². The molecule has 140 valence electrons. The van der Waals surface area contributed by atoms with E-state index in [1.165, 1.54) is 5.01 Å². The topological polar surface area (TPSA) is 65.0 Å². The van der Waals surface area contributed by atoms with Crippen molar-refractivity contribution in [3.8, 4) is 0 Å². The summed E-state index contributed by atoms with van der Waals surface area (Å²) < 4.78 is 0. The van der Waals surface area contributed by atoms with E-state index in [2.05, 4.69) is 22.2 Å². The lowest BCUT2D eigenvalue weighted by molar-refractivity contribution is -0.132. The molecule has 3 rings (SSSR count). The third-order valence-electron chi connectivity index (χ3n) is 4.56. The van der Waals surface area contributed by atoms with Gasteiger partial charge in [0, 0.05) is 37.8 Å². The summed E-state index contributed by atoms with van der Waals surface area (Å²) in [7, 11) is 2.00. The highest BCUT2D eigenvalue weighted by Crippen LogP contribution is 2.19. The highest BCUT2D eigenvalue weighted by atomic mass is 16.2. The third kappa shape index (κ3) is 4.73. The molecule has 0 aromatic heterocycles. The Hall–Kier alpha value is -3.15. The molecular formula is C21H24N4O2. The SMILES string of the molecule is CCN(C)c1cccc(NC(=O)C2=NN(Cc3ccccc3)C(=O)CC2)c1. The van der Waals surface area contributed by atoms with Crippen molar-refractivity contribution in [1.82, 2.24) is 5.01 Å². The largest absolute Gasteiger partial charge is 0.375 e. The molecule has 2 aromatic rings. The van der Waals surface area contributed by atoms with E-state index < -0.39 is 0 Å². The molecular weight excluding hydrogens is 340 g/mol. The van der Waals surface area contributed by atoms with Crippen molar-refractivity contribution < 1.29 is 9.59 Å². The summed E-state index contributed by atoms with van der Waals surface area (Å²) in [5, 5.41) is 8.59. The van der Waals surface area contributed by atoms with Crippen molar-refractivity contribution in [2.75, 3.05) is 23.8 Å². The lowest BCUT2D eigenvalue weighted by Gasteiger charge is -2.23. The van der Waals surface area contributed by atoms with E-state index in [0.717, 1.165) is 17.8 Å². The second-order valence-corrected chi connectivity index (χ2v) is 6.50. The number of benzene rings is 2. The fourth-order valence-corrected chi connectivity index (χ4v) is 2.85. The van der Waals surface area contributed by atoms with Crippen molar-refractivity contribution in [2.24, 2.45) is 5.10 Å². The fraction of sp³-hybridized carbons (Fsp3) is 0.286. The smallest absolute Gasteiger partial charge is 0.271 e. The number of carbonyl (C=O) groups excluding carboxylic acids is 2. The Bertz CT molecular complexity index is 848. The Labute approximate surface area is 159 Å². The van der Waals surface area contributed by atoms with Gasteiger partial charge in [0.2, 0.25) is 5.91 Å². The summed E-state index contributed by atoms with van der Waals surface area (Å²) in [6, 6.07) is 17.3. The third-order valence-corrected chi connectivity index (χ3v) is 4.56. The molecule has 1 aliphatic rings. The van der Waals surface area contributed by atoms with E-state index in [1.807, 2.05) is 61.6 Å². The van der Waals surface area contributed by atoms with Crippen LogP contribution in [-0.2, 0) is 16.1 Å². The molecule has 0 fully saturated rings. The first kappa shape index (κ1) is 18.6. The molecule has 6 nitrogen and oxygen atoms in total. The first-order chi connectivity index (χ1) is 13.1. The molecule has 1 aliphatic heterocycles. The second kappa shape index (κ2) is 8.49. The van der Waals surface area contributed by atoms with Crippen LogP contribution in [0, 0.1) is 0 Å². The molecule has 0 bridgehead atoms. The Balaban J connectivity index is 1.72. The predicted octanol–water partition coefficient (Wildman–Crippen LogP) is 3.26. The van der Waals surface area contributed by atoms with Crippen molar-refractivity contribution >= 4 is 28.9 Å². The number of anilines is 2. The van der Waals surface area contributed by atoms with Crippen LogP contribution in [0.4, 0.5) is 11.4 Å². The van der Waals surface area contributed by atoms with Crippen molar-refractivity contribution in [3.63, 3.8) is 0 Å².